The van der Waals surface area contributed by atoms with Crippen molar-refractivity contribution in [1.29, 1.82) is 0 Å². The number of hydrogen-bond acceptors (Lipinski definition) is 4. The van der Waals surface area contributed by atoms with Crippen LogP contribution in [0.5, 0.6) is 0 Å². The smallest absolute Gasteiger partial charge is 0.0844 e. The van der Waals surface area contributed by atoms with Gasteiger partial charge in [0, 0.05) is 11.3 Å². The standard InChI is InChI=1S/C18H25N5/c19-13-4-1-10(2-5-13)11-3-6-14(15(20)7-11)12-8-16(21)18(23)17(22)9-12/h3,6-10,13H,1-2,4-5,19-23H2/p+1. The van der Waals surface area contributed by atoms with Crippen molar-refractivity contribution < 1.29 is 5.73 Å². The number of rotatable bonds is 2. The van der Waals surface area contributed by atoms with E-state index in [1.807, 2.05) is 12.1 Å². The van der Waals surface area contributed by atoms with Crippen molar-refractivity contribution in [2.75, 3.05) is 22.9 Å². The first-order chi connectivity index (χ1) is 11.0. The molecule has 0 aromatic heterocycles. The van der Waals surface area contributed by atoms with E-state index >= 15 is 0 Å². The Bertz CT molecular complexity index is 694. The summed E-state index contributed by atoms with van der Waals surface area (Å²) < 4.78 is 0. The van der Waals surface area contributed by atoms with Crippen LogP contribution in [0.1, 0.15) is 37.2 Å². The minimum Gasteiger partial charge on any atom is -0.398 e. The first-order valence-electron chi connectivity index (χ1n) is 8.13. The molecule has 0 saturated heterocycles. The van der Waals surface area contributed by atoms with Gasteiger partial charge in [-0.1, -0.05) is 12.1 Å². The van der Waals surface area contributed by atoms with Gasteiger partial charge in [0.2, 0.25) is 0 Å². The lowest BCUT2D eigenvalue weighted by molar-refractivity contribution is -0.425. The van der Waals surface area contributed by atoms with E-state index in [9.17, 15) is 0 Å². The highest BCUT2D eigenvalue weighted by atomic mass is 14.7. The van der Waals surface area contributed by atoms with Crippen LogP contribution in [0, 0.1) is 0 Å². The predicted octanol–water partition coefficient (Wildman–Crippen LogP) is 1.95. The molecule has 1 aliphatic rings. The predicted molar refractivity (Wildman–Crippen MR) is 97.4 cm³/mol. The Balaban J connectivity index is 1.91. The fourth-order valence-corrected chi connectivity index (χ4v) is 3.45. The summed E-state index contributed by atoms with van der Waals surface area (Å²) in [5.74, 6) is 0.589. The van der Waals surface area contributed by atoms with E-state index in [0.29, 0.717) is 29.0 Å². The maximum atomic E-state index is 6.30. The first kappa shape index (κ1) is 15.5. The van der Waals surface area contributed by atoms with Crippen LogP contribution in [-0.2, 0) is 0 Å². The molecule has 122 valence electrons. The van der Waals surface area contributed by atoms with Crippen LogP contribution in [0.2, 0.25) is 0 Å². The molecule has 0 bridgehead atoms. The number of hydrogen-bond donors (Lipinski definition) is 5. The number of quaternary nitrogens is 1. The van der Waals surface area contributed by atoms with Gasteiger partial charge in [0.25, 0.3) is 0 Å². The number of nitrogens with two attached hydrogens (primary N) is 4. The fourth-order valence-electron chi connectivity index (χ4n) is 3.45. The molecule has 2 aromatic carbocycles. The maximum absolute atomic E-state index is 6.30. The topological polar surface area (TPSA) is 132 Å². The van der Waals surface area contributed by atoms with Gasteiger partial charge in [0.15, 0.2) is 0 Å². The van der Waals surface area contributed by atoms with Gasteiger partial charge in [-0.15, -0.1) is 0 Å². The molecule has 1 fully saturated rings. The Morgan fingerprint density at radius 2 is 1.39 bits per heavy atom. The van der Waals surface area contributed by atoms with Crippen molar-refractivity contribution >= 4 is 22.7 Å². The van der Waals surface area contributed by atoms with Gasteiger partial charge in [-0.2, -0.15) is 0 Å². The summed E-state index contributed by atoms with van der Waals surface area (Å²) in [6.07, 6.45) is 4.76. The van der Waals surface area contributed by atoms with Gasteiger partial charge in [0.1, 0.15) is 0 Å². The molecule has 0 unspecified atom stereocenters. The molecule has 0 aliphatic heterocycles. The summed E-state index contributed by atoms with van der Waals surface area (Å²) in [4.78, 5) is 0. The van der Waals surface area contributed by atoms with Crippen LogP contribution in [0.4, 0.5) is 22.7 Å². The quantitative estimate of drug-likeness (QED) is 0.542. The lowest BCUT2D eigenvalue weighted by Crippen LogP contribution is -2.61. The molecular weight excluding hydrogens is 286 g/mol. The average molecular weight is 312 g/mol. The molecule has 1 aliphatic carbocycles. The summed E-state index contributed by atoms with van der Waals surface area (Å²) in [5.41, 5.74) is 33.4. The third-order valence-corrected chi connectivity index (χ3v) is 4.95. The number of nitrogen functional groups attached to an aromatic ring is 4. The molecule has 0 radical (unpaired) electrons. The van der Waals surface area contributed by atoms with Gasteiger partial charge in [-0.05, 0) is 60.9 Å². The average Bonchev–Trinajstić information content (AvgIpc) is 2.53. The van der Waals surface area contributed by atoms with Crippen molar-refractivity contribution in [1.82, 2.24) is 0 Å². The van der Waals surface area contributed by atoms with Gasteiger partial charge >= 0.3 is 0 Å². The summed E-state index contributed by atoms with van der Waals surface area (Å²) in [5, 5.41) is 0. The van der Waals surface area contributed by atoms with Crippen LogP contribution in [0.25, 0.3) is 11.1 Å². The Kier molecular flexibility index (Phi) is 4.05. The lowest BCUT2D eigenvalue weighted by atomic mass is 9.81. The summed E-state index contributed by atoms with van der Waals surface area (Å²) >= 11 is 0. The molecular formula is C18H26N5+. The van der Waals surface area contributed by atoms with E-state index in [1.54, 1.807) is 0 Å². The molecule has 0 atom stereocenters. The minimum absolute atomic E-state index is 0.425. The van der Waals surface area contributed by atoms with E-state index in [0.717, 1.165) is 16.8 Å². The van der Waals surface area contributed by atoms with Crippen LogP contribution in [0.15, 0.2) is 30.3 Å². The van der Waals surface area contributed by atoms with E-state index in [2.05, 4.69) is 23.9 Å². The van der Waals surface area contributed by atoms with E-state index in [-0.39, 0.29) is 0 Å². The third kappa shape index (κ3) is 3.05. The van der Waals surface area contributed by atoms with Crippen molar-refractivity contribution in [3.05, 3.63) is 35.9 Å². The van der Waals surface area contributed by atoms with Crippen LogP contribution < -0.4 is 28.7 Å². The van der Waals surface area contributed by atoms with E-state index in [1.165, 1.54) is 31.2 Å². The molecule has 5 nitrogen and oxygen atoms in total. The first-order valence-corrected chi connectivity index (χ1v) is 8.13. The molecule has 0 heterocycles. The second-order valence-corrected chi connectivity index (χ2v) is 6.63. The van der Waals surface area contributed by atoms with Gasteiger partial charge in [-0.25, -0.2) is 0 Å². The van der Waals surface area contributed by atoms with Crippen molar-refractivity contribution in [2.24, 2.45) is 0 Å². The molecule has 5 heteroatoms. The van der Waals surface area contributed by atoms with Crippen LogP contribution in [-0.4, -0.2) is 6.04 Å². The maximum Gasteiger partial charge on any atom is 0.0844 e. The van der Waals surface area contributed by atoms with Gasteiger partial charge in [-0.3, -0.25) is 0 Å². The summed E-state index contributed by atoms with van der Waals surface area (Å²) in [6, 6.07) is 10.6. The highest BCUT2D eigenvalue weighted by Gasteiger charge is 2.22. The molecule has 1 saturated carbocycles. The Hall–Kier alpha value is -2.40. The molecule has 23 heavy (non-hydrogen) atoms. The number of benzene rings is 2. The fraction of sp³-hybridized carbons (Fsp3) is 0.333. The summed E-state index contributed by atoms with van der Waals surface area (Å²) in [7, 11) is 0. The Morgan fingerprint density at radius 3 is 1.96 bits per heavy atom. The molecule has 3 rings (SSSR count). The van der Waals surface area contributed by atoms with Crippen LogP contribution >= 0.6 is 0 Å². The van der Waals surface area contributed by atoms with Crippen molar-refractivity contribution in [2.45, 2.75) is 37.6 Å². The van der Waals surface area contributed by atoms with E-state index in [4.69, 9.17) is 22.9 Å². The zero-order valence-corrected chi connectivity index (χ0v) is 13.4. The molecule has 0 amide bonds. The van der Waals surface area contributed by atoms with Crippen molar-refractivity contribution in [3.63, 3.8) is 0 Å². The van der Waals surface area contributed by atoms with E-state index < -0.39 is 0 Å². The van der Waals surface area contributed by atoms with Gasteiger partial charge < -0.3 is 28.7 Å². The second kappa shape index (κ2) is 6.01. The SMILES string of the molecule is Nc1cc(C2CCC([NH3+])CC2)ccc1-c1cc(N)c(N)c(N)c1. The zero-order valence-electron chi connectivity index (χ0n) is 13.4. The zero-order chi connectivity index (χ0) is 16.6. The van der Waals surface area contributed by atoms with Crippen molar-refractivity contribution in [3.8, 4) is 11.1 Å². The second-order valence-electron chi connectivity index (χ2n) is 6.63. The Morgan fingerprint density at radius 1 is 0.783 bits per heavy atom. The highest BCUT2D eigenvalue weighted by molar-refractivity contribution is 5.87. The minimum atomic E-state index is 0.425. The molecule has 2 aromatic rings. The monoisotopic (exact) mass is 312 g/mol. The molecule has 11 N–H and O–H groups in total. The number of anilines is 4. The largest absolute Gasteiger partial charge is 0.398 e. The molecule has 0 spiro atoms. The van der Waals surface area contributed by atoms with Gasteiger partial charge in [0.05, 0.1) is 23.1 Å². The third-order valence-electron chi connectivity index (χ3n) is 4.95. The normalized spacial score (nSPS) is 21.3. The Labute approximate surface area is 136 Å². The lowest BCUT2D eigenvalue weighted by Gasteiger charge is -2.25. The highest BCUT2D eigenvalue weighted by Crippen LogP contribution is 2.37. The van der Waals surface area contributed by atoms with Crippen LogP contribution in [0.3, 0.4) is 0 Å². The summed E-state index contributed by atoms with van der Waals surface area (Å²) in [6.45, 7) is 0.